The van der Waals surface area contributed by atoms with Gasteiger partial charge in [0.1, 0.15) is 6.54 Å². The lowest BCUT2D eigenvalue weighted by atomic mass is 9.92. The van der Waals surface area contributed by atoms with Crippen LogP contribution in [0.15, 0.2) is 12.3 Å². The Morgan fingerprint density at radius 2 is 2.17 bits per heavy atom. The second kappa shape index (κ2) is 6.80. The largest absolute Gasteiger partial charge is 0.435 e. The zero-order chi connectivity index (χ0) is 18.0. The van der Waals surface area contributed by atoms with Gasteiger partial charge in [-0.15, -0.1) is 0 Å². The van der Waals surface area contributed by atoms with Crippen LogP contribution in [0.3, 0.4) is 0 Å². The number of ether oxygens (including phenoxy) is 1. The van der Waals surface area contributed by atoms with E-state index in [0.29, 0.717) is 19.4 Å². The first kappa shape index (κ1) is 18.2. The van der Waals surface area contributed by atoms with Gasteiger partial charge >= 0.3 is 6.18 Å². The topological polar surface area (TPSA) is 90.5 Å². The number of halogens is 3. The number of carbonyl (C=O) groups excluding carboxylic acids is 2. The summed E-state index contributed by atoms with van der Waals surface area (Å²) in [6.07, 6.45) is -2.31. The highest BCUT2D eigenvalue weighted by Crippen LogP contribution is 2.33. The molecule has 0 unspecified atom stereocenters. The van der Waals surface area contributed by atoms with Crippen LogP contribution in [0.1, 0.15) is 25.0 Å². The van der Waals surface area contributed by atoms with Gasteiger partial charge in [0.05, 0.1) is 18.6 Å². The molecule has 0 aromatic carbocycles. The zero-order valence-electron chi connectivity index (χ0n) is 13.2. The molecule has 0 saturated carbocycles. The van der Waals surface area contributed by atoms with E-state index in [2.05, 4.69) is 5.10 Å². The number of hydrogen-bond acceptors (Lipinski definition) is 4. The van der Waals surface area contributed by atoms with Crippen LogP contribution in [0, 0.1) is 0 Å². The Kier molecular flexibility index (Phi) is 5.16. The molecule has 10 heteroatoms. The highest BCUT2D eigenvalue weighted by molar-refractivity contribution is 5.80. The van der Waals surface area contributed by atoms with Gasteiger partial charge in [-0.05, 0) is 18.9 Å². The van der Waals surface area contributed by atoms with E-state index in [0.717, 1.165) is 16.9 Å². The van der Waals surface area contributed by atoms with E-state index in [1.807, 2.05) is 0 Å². The maximum absolute atomic E-state index is 12.6. The van der Waals surface area contributed by atoms with Crippen molar-refractivity contribution in [1.29, 1.82) is 0 Å². The van der Waals surface area contributed by atoms with Crippen LogP contribution in [0.25, 0.3) is 0 Å². The van der Waals surface area contributed by atoms with Crippen molar-refractivity contribution in [3.63, 3.8) is 0 Å². The molecule has 0 aliphatic carbocycles. The third-order valence-corrected chi connectivity index (χ3v) is 4.04. The highest BCUT2D eigenvalue weighted by atomic mass is 19.4. The Labute approximate surface area is 136 Å². The summed E-state index contributed by atoms with van der Waals surface area (Å²) in [5.74, 6) is -0.993. The second-order valence-corrected chi connectivity index (χ2v) is 5.85. The van der Waals surface area contributed by atoms with Crippen molar-refractivity contribution in [3.8, 4) is 0 Å². The van der Waals surface area contributed by atoms with E-state index in [1.165, 1.54) is 12.0 Å². The monoisotopic (exact) mass is 348 g/mol. The van der Waals surface area contributed by atoms with Crippen molar-refractivity contribution in [2.24, 2.45) is 5.73 Å². The van der Waals surface area contributed by atoms with E-state index in [-0.39, 0.29) is 19.6 Å². The Morgan fingerprint density at radius 1 is 1.46 bits per heavy atom. The number of hydrogen-bond donors (Lipinski definition) is 1. The van der Waals surface area contributed by atoms with Crippen LogP contribution < -0.4 is 5.73 Å². The Balaban J connectivity index is 2.15. The standard InChI is InChI=1S/C14H19F3N4O3/c1-24-9-13(7-11(18)22)4-2-5-21(13)12(23)8-20-6-3-10(19-20)14(15,16)17/h3,6H,2,4-5,7-9H2,1H3,(H2,18,22)/t13-/m1/s1. The number of likely N-dealkylation sites (tertiary alicyclic amines) is 1. The van der Waals surface area contributed by atoms with Crippen LogP contribution in [-0.4, -0.2) is 52.3 Å². The number of carbonyl (C=O) groups is 2. The van der Waals surface area contributed by atoms with Gasteiger partial charge in [-0.3, -0.25) is 14.3 Å². The normalized spacial score (nSPS) is 21.2. The average molecular weight is 348 g/mol. The van der Waals surface area contributed by atoms with Crippen molar-refractivity contribution in [2.45, 2.75) is 37.5 Å². The molecular weight excluding hydrogens is 329 g/mol. The van der Waals surface area contributed by atoms with Crippen LogP contribution >= 0.6 is 0 Å². The minimum atomic E-state index is -4.56. The summed E-state index contributed by atoms with van der Waals surface area (Å²) < 4.78 is 43.8. The third kappa shape index (κ3) is 3.86. The van der Waals surface area contributed by atoms with Crippen molar-refractivity contribution >= 4 is 11.8 Å². The number of nitrogens with zero attached hydrogens (tertiary/aromatic N) is 3. The molecule has 1 aliphatic rings. The fourth-order valence-electron chi connectivity index (χ4n) is 3.13. The van der Waals surface area contributed by atoms with Gasteiger partial charge in [-0.1, -0.05) is 0 Å². The summed E-state index contributed by atoms with van der Waals surface area (Å²) in [5.41, 5.74) is 3.37. The van der Waals surface area contributed by atoms with E-state index in [9.17, 15) is 22.8 Å². The van der Waals surface area contributed by atoms with Crippen LogP contribution in [0.5, 0.6) is 0 Å². The van der Waals surface area contributed by atoms with Crippen molar-refractivity contribution in [3.05, 3.63) is 18.0 Å². The molecule has 7 nitrogen and oxygen atoms in total. The molecule has 2 N–H and O–H groups in total. The average Bonchev–Trinajstić information content (AvgIpc) is 3.05. The third-order valence-electron chi connectivity index (χ3n) is 4.04. The SMILES string of the molecule is COC[C@]1(CC(N)=O)CCCN1C(=O)Cn1ccc(C(F)(F)F)n1. The van der Waals surface area contributed by atoms with E-state index < -0.39 is 29.2 Å². The lowest BCUT2D eigenvalue weighted by Crippen LogP contribution is -2.53. The molecule has 1 aromatic heterocycles. The number of rotatable bonds is 6. The molecular formula is C14H19F3N4O3. The van der Waals surface area contributed by atoms with Crippen LogP contribution in [0.4, 0.5) is 13.2 Å². The van der Waals surface area contributed by atoms with Gasteiger partial charge in [0, 0.05) is 19.9 Å². The number of methoxy groups -OCH3 is 1. The minimum Gasteiger partial charge on any atom is -0.382 e. The molecule has 1 atom stereocenters. The van der Waals surface area contributed by atoms with E-state index >= 15 is 0 Å². The highest BCUT2D eigenvalue weighted by Gasteiger charge is 2.45. The molecule has 1 aromatic rings. The quantitative estimate of drug-likeness (QED) is 0.823. The number of nitrogens with two attached hydrogens (primary N) is 1. The maximum atomic E-state index is 12.6. The predicted molar refractivity (Wildman–Crippen MR) is 76.6 cm³/mol. The smallest absolute Gasteiger partial charge is 0.382 e. The summed E-state index contributed by atoms with van der Waals surface area (Å²) in [5, 5.41) is 3.37. The maximum Gasteiger partial charge on any atom is 0.435 e. The van der Waals surface area contributed by atoms with Gasteiger partial charge < -0.3 is 15.4 Å². The first-order valence-electron chi connectivity index (χ1n) is 7.36. The summed E-state index contributed by atoms with van der Waals surface area (Å²) in [7, 11) is 1.45. The molecule has 2 heterocycles. The first-order chi connectivity index (χ1) is 11.2. The molecule has 2 amide bonds. The number of alkyl halides is 3. The molecule has 1 aliphatic heterocycles. The van der Waals surface area contributed by atoms with Crippen molar-refractivity contribution in [2.75, 3.05) is 20.3 Å². The fraction of sp³-hybridized carbons (Fsp3) is 0.643. The van der Waals surface area contributed by atoms with Gasteiger partial charge in [0.15, 0.2) is 5.69 Å². The molecule has 134 valence electrons. The molecule has 0 bridgehead atoms. The molecule has 0 spiro atoms. The summed E-state index contributed by atoms with van der Waals surface area (Å²) >= 11 is 0. The Bertz CT molecular complexity index is 617. The second-order valence-electron chi connectivity index (χ2n) is 5.85. The molecule has 24 heavy (non-hydrogen) atoms. The summed E-state index contributed by atoms with van der Waals surface area (Å²) in [6, 6.07) is 0.809. The molecule has 0 radical (unpaired) electrons. The molecule has 1 fully saturated rings. The van der Waals surface area contributed by atoms with Gasteiger partial charge in [-0.2, -0.15) is 18.3 Å². The zero-order valence-corrected chi connectivity index (χ0v) is 13.2. The van der Waals surface area contributed by atoms with Gasteiger partial charge in [-0.25, -0.2) is 0 Å². The molecule has 1 saturated heterocycles. The first-order valence-corrected chi connectivity index (χ1v) is 7.36. The van der Waals surface area contributed by atoms with Gasteiger partial charge in [0.2, 0.25) is 11.8 Å². The Morgan fingerprint density at radius 3 is 2.71 bits per heavy atom. The summed E-state index contributed by atoms with van der Waals surface area (Å²) in [4.78, 5) is 25.4. The predicted octanol–water partition coefficient (Wildman–Crippen LogP) is 0.785. The van der Waals surface area contributed by atoms with Crippen LogP contribution in [-0.2, 0) is 27.0 Å². The number of primary amides is 1. The lowest BCUT2D eigenvalue weighted by Gasteiger charge is -2.37. The Hall–Kier alpha value is -2.10. The number of aromatic nitrogens is 2. The van der Waals surface area contributed by atoms with E-state index in [1.54, 1.807) is 0 Å². The fourth-order valence-corrected chi connectivity index (χ4v) is 3.13. The summed E-state index contributed by atoms with van der Waals surface area (Å²) in [6.45, 7) is 0.178. The van der Waals surface area contributed by atoms with Crippen molar-refractivity contribution in [1.82, 2.24) is 14.7 Å². The van der Waals surface area contributed by atoms with Crippen molar-refractivity contribution < 1.29 is 27.5 Å². The minimum absolute atomic E-state index is 0.0561. The van der Waals surface area contributed by atoms with E-state index in [4.69, 9.17) is 10.5 Å². The van der Waals surface area contributed by atoms with Crippen LogP contribution in [0.2, 0.25) is 0 Å². The molecule has 2 rings (SSSR count). The lowest BCUT2D eigenvalue weighted by molar-refractivity contribution is -0.143. The number of amides is 2. The van der Waals surface area contributed by atoms with Gasteiger partial charge in [0.25, 0.3) is 0 Å².